The smallest absolute Gasteiger partial charge is 0.261 e. The largest absolute Gasteiger partial charge is 0.306 e. The monoisotopic (exact) mass is 387 g/mol. The fourth-order valence-electron chi connectivity index (χ4n) is 2.14. The summed E-state index contributed by atoms with van der Waals surface area (Å²) in [7, 11) is -3.82. The average molecular weight is 388 g/mol. The maximum atomic E-state index is 12.5. The van der Waals surface area contributed by atoms with Crippen molar-refractivity contribution < 1.29 is 17.2 Å². The third-order valence-electron chi connectivity index (χ3n) is 3.45. The van der Waals surface area contributed by atoms with E-state index in [4.69, 9.17) is 16.2 Å². The van der Waals surface area contributed by atoms with E-state index < -0.39 is 21.1 Å². The second-order valence-electron chi connectivity index (χ2n) is 5.60. The van der Waals surface area contributed by atoms with Crippen LogP contribution < -0.4 is 4.72 Å². The first-order valence-corrected chi connectivity index (χ1v) is 10.3. The van der Waals surface area contributed by atoms with Crippen LogP contribution in [0.3, 0.4) is 0 Å². The standard InChI is InChI=1S/C16H18ClNO4S2/c1-11(2)12-4-7-15(8-5-12)24(21,22)18-16-9-14(17)6-3-13(16)10-23(19)20/h3-9,11,18H,10H2,1-2H3,(H,19,20). The van der Waals surface area contributed by atoms with Crippen LogP contribution >= 0.6 is 11.6 Å². The van der Waals surface area contributed by atoms with Crippen molar-refractivity contribution in [3.8, 4) is 0 Å². The van der Waals surface area contributed by atoms with Gasteiger partial charge in [-0.2, -0.15) is 0 Å². The number of nitrogens with one attached hydrogen (secondary N) is 1. The van der Waals surface area contributed by atoms with Gasteiger partial charge in [-0.1, -0.05) is 43.6 Å². The van der Waals surface area contributed by atoms with E-state index in [0.29, 0.717) is 16.5 Å². The highest BCUT2D eigenvalue weighted by molar-refractivity contribution is 7.92. The average Bonchev–Trinajstić information content (AvgIpc) is 2.49. The third-order valence-corrected chi connectivity index (χ3v) is 5.63. The number of sulfonamides is 1. The van der Waals surface area contributed by atoms with Crippen LogP contribution in [0.2, 0.25) is 5.02 Å². The van der Waals surface area contributed by atoms with Gasteiger partial charge < -0.3 is 4.55 Å². The number of hydrogen-bond acceptors (Lipinski definition) is 3. The number of benzene rings is 2. The topological polar surface area (TPSA) is 83.5 Å². The van der Waals surface area contributed by atoms with Crippen molar-refractivity contribution in [2.24, 2.45) is 0 Å². The molecule has 0 saturated heterocycles. The van der Waals surface area contributed by atoms with Gasteiger partial charge in [0.1, 0.15) is 0 Å². The molecule has 0 amide bonds. The van der Waals surface area contributed by atoms with Gasteiger partial charge in [0, 0.05) is 5.02 Å². The molecule has 130 valence electrons. The molecule has 1 unspecified atom stereocenters. The SMILES string of the molecule is CC(C)c1ccc(S(=O)(=O)Nc2cc(Cl)ccc2CS(=O)O)cc1. The molecule has 0 saturated carbocycles. The second-order valence-corrected chi connectivity index (χ2v) is 8.65. The van der Waals surface area contributed by atoms with Gasteiger partial charge in [-0.3, -0.25) is 4.72 Å². The first kappa shape index (κ1) is 18.9. The Morgan fingerprint density at radius 1 is 1.17 bits per heavy atom. The zero-order valence-electron chi connectivity index (χ0n) is 13.2. The first-order valence-electron chi connectivity index (χ1n) is 7.17. The molecule has 0 heterocycles. The Kier molecular flexibility index (Phi) is 6.03. The van der Waals surface area contributed by atoms with Crippen LogP contribution in [0.5, 0.6) is 0 Å². The molecule has 0 fully saturated rings. The van der Waals surface area contributed by atoms with Crippen molar-refractivity contribution in [3.05, 3.63) is 58.6 Å². The van der Waals surface area contributed by atoms with E-state index in [1.807, 2.05) is 13.8 Å². The van der Waals surface area contributed by atoms with E-state index in [-0.39, 0.29) is 16.3 Å². The van der Waals surface area contributed by atoms with Crippen LogP contribution in [-0.4, -0.2) is 17.2 Å². The second kappa shape index (κ2) is 7.65. The summed E-state index contributed by atoms with van der Waals surface area (Å²) in [5.41, 5.74) is 1.62. The molecular formula is C16H18ClNO4S2. The number of hydrogen-bond donors (Lipinski definition) is 2. The summed E-state index contributed by atoms with van der Waals surface area (Å²) in [4.78, 5) is 0.114. The molecule has 0 aliphatic heterocycles. The predicted molar refractivity (Wildman–Crippen MR) is 97.3 cm³/mol. The molecule has 24 heavy (non-hydrogen) atoms. The summed E-state index contributed by atoms with van der Waals surface area (Å²) in [6.07, 6.45) is 0. The molecule has 0 bridgehead atoms. The van der Waals surface area contributed by atoms with Crippen molar-refractivity contribution >= 4 is 38.4 Å². The molecule has 2 N–H and O–H groups in total. The lowest BCUT2D eigenvalue weighted by molar-refractivity contribution is 0.563. The van der Waals surface area contributed by atoms with Gasteiger partial charge in [0.2, 0.25) is 0 Å². The Morgan fingerprint density at radius 2 is 1.79 bits per heavy atom. The van der Waals surface area contributed by atoms with Gasteiger partial charge in [0.25, 0.3) is 10.0 Å². The normalized spacial score (nSPS) is 13.0. The quantitative estimate of drug-likeness (QED) is 0.734. The van der Waals surface area contributed by atoms with Gasteiger partial charge in [0.05, 0.1) is 16.3 Å². The molecule has 5 nitrogen and oxygen atoms in total. The number of halogens is 1. The van der Waals surface area contributed by atoms with Crippen molar-refractivity contribution in [1.29, 1.82) is 0 Å². The van der Waals surface area contributed by atoms with Crippen molar-refractivity contribution in [2.45, 2.75) is 30.4 Å². The maximum absolute atomic E-state index is 12.5. The maximum Gasteiger partial charge on any atom is 0.261 e. The highest BCUT2D eigenvalue weighted by atomic mass is 35.5. The van der Waals surface area contributed by atoms with Gasteiger partial charge in [-0.05, 0) is 41.3 Å². The Hall–Kier alpha value is -1.41. The fourth-order valence-corrected chi connectivity index (χ4v) is 3.92. The fraction of sp³-hybridized carbons (Fsp3) is 0.250. The van der Waals surface area contributed by atoms with E-state index >= 15 is 0 Å². The molecule has 0 aliphatic carbocycles. The van der Waals surface area contributed by atoms with E-state index in [2.05, 4.69) is 4.72 Å². The summed E-state index contributed by atoms with van der Waals surface area (Å²) in [6, 6.07) is 11.1. The van der Waals surface area contributed by atoms with E-state index in [1.54, 1.807) is 18.2 Å². The first-order chi connectivity index (χ1) is 11.2. The summed E-state index contributed by atoms with van der Waals surface area (Å²) in [5, 5.41) is 0.329. The Bertz CT molecular complexity index is 849. The lowest BCUT2D eigenvalue weighted by Gasteiger charge is -2.13. The van der Waals surface area contributed by atoms with Gasteiger partial charge in [-0.15, -0.1) is 0 Å². The van der Waals surface area contributed by atoms with Gasteiger partial charge in [0.15, 0.2) is 11.1 Å². The van der Waals surface area contributed by atoms with Gasteiger partial charge in [-0.25, -0.2) is 12.6 Å². The summed E-state index contributed by atoms with van der Waals surface area (Å²) in [5.74, 6) is 0.107. The van der Waals surface area contributed by atoms with Crippen LogP contribution in [0, 0.1) is 0 Å². The summed E-state index contributed by atoms with van der Waals surface area (Å²) >= 11 is 3.82. The van der Waals surface area contributed by atoms with Crippen LogP contribution in [0.25, 0.3) is 0 Å². The van der Waals surface area contributed by atoms with Crippen LogP contribution in [0.1, 0.15) is 30.9 Å². The Balaban J connectivity index is 2.35. The van der Waals surface area contributed by atoms with E-state index in [9.17, 15) is 12.6 Å². The Labute approximate surface area is 149 Å². The molecule has 1 atom stereocenters. The summed E-state index contributed by atoms with van der Waals surface area (Å²) < 4.78 is 47.6. The van der Waals surface area contributed by atoms with Crippen molar-refractivity contribution in [1.82, 2.24) is 0 Å². The van der Waals surface area contributed by atoms with E-state index in [0.717, 1.165) is 5.56 Å². The minimum absolute atomic E-state index is 0.114. The number of rotatable bonds is 6. The zero-order chi connectivity index (χ0) is 17.9. The molecule has 0 aliphatic rings. The van der Waals surface area contributed by atoms with Crippen molar-refractivity contribution in [2.75, 3.05) is 4.72 Å². The third kappa shape index (κ3) is 4.80. The van der Waals surface area contributed by atoms with Crippen molar-refractivity contribution in [3.63, 3.8) is 0 Å². The molecule has 2 rings (SSSR count). The molecule has 8 heteroatoms. The molecule has 2 aromatic carbocycles. The number of anilines is 1. The Morgan fingerprint density at radius 3 is 2.33 bits per heavy atom. The molecule has 2 aromatic rings. The molecule has 0 aromatic heterocycles. The molecular weight excluding hydrogens is 370 g/mol. The highest BCUT2D eigenvalue weighted by Gasteiger charge is 2.17. The summed E-state index contributed by atoms with van der Waals surface area (Å²) in [6.45, 7) is 4.05. The van der Waals surface area contributed by atoms with Crippen LogP contribution in [0.4, 0.5) is 5.69 Å². The van der Waals surface area contributed by atoms with Gasteiger partial charge >= 0.3 is 0 Å². The van der Waals surface area contributed by atoms with Crippen LogP contribution in [0.15, 0.2) is 47.4 Å². The lowest BCUT2D eigenvalue weighted by atomic mass is 10.0. The lowest BCUT2D eigenvalue weighted by Crippen LogP contribution is -2.14. The minimum Gasteiger partial charge on any atom is -0.306 e. The highest BCUT2D eigenvalue weighted by Crippen LogP contribution is 2.26. The molecule has 0 radical (unpaired) electrons. The zero-order valence-corrected chi connectivity index (χ0v) is 15.6. The molecule has 0 spiro atoms. The van der Waals surface area contributed by atoms with Crippen LogP contribution in [-0.2, 0) is 26.9 Å². The minimum atomic E-state index is -3.82. The van der Waals surface area contributed by atoms with E-state index in [1.165, 1.54) is 24.3 Å². The predicted octanol–water partition coefficient (Wildman–Crippen LogP) is 3.99.